The van der Waals surface area contributed by atoms with Crippen LogP contribution >= 0.6 is 0 Å². The highest BCUT2D eigenvalue weighted by Crippen LogP contribution is 2.36. The fraction of sp³-hybridized carbons (Fsp3) is 0.447. The van der Waals surface area contributed by atoms with Gasteiger partial charge in [0.25, 0.3) is 11.8 Å². The van der Waals surface area contributed by atoms with Crippen molar-refractivity contribution in [2.24, 2.45) is 7.05 Å². The summed E-state index contributed by atoms with van der Waals surface area (Å²) in [7, 11) is 1.97. The number of aromatic nitrogens is 1. The number of rotatable bonds is 13. The Morgan fingerprint density at radius 1 is 0.831 bits per heavy atom. The summed E-state index contributed by atoms with van der Waals surface area (Å²) in [6.45, 7) is 12.4. The molecule has 312 valence electrons. The number of amides is 3. The number of aromatic carboxylic acids is 1. The number of carboxylic acids is 1. The van der Waals surface area contributed by atoms with E-state index in [0.717, 1.165) is 85.4 Å². The Morgan fingerprint density at radius 3 is 2.27 bits per heavy atom. The maximum Gasteiger partial charge on any atom is 0.415 e. The summed E-state index contributed by atoms with van der Waals surface area (Å²) >= 11 is 0. The molecule has 0 saturated carbocycles. The van der Waals surface area contributed by atoms with E-state index in [0.29, 0.717) is 56.9 Å². The number of carbonyl (C=O) groups is 4. The van der Waals surface area contributed by atoms with E-state index in [1.807, 2.05) is 46.5 Å². The Balaban J connectivity index is 1.28. The quantitative estimate of drug-likeness (QED) is 0.151. The van der Waals surface area contributed by atoms with E-state index in [-0.39, 0.29) is 35.7 Å². The van der Waals surface area contributed by atoms with Crippen LogP contribution in [-0.2, 0) is 37.7 Å². The van der Waals surface area contributed by atoms with Gasteiger partial charge in [-0.05, 0) is 91.3 Å². The Kier molecular flexibility index (Phi) is 13.2. The number of hydrogen-bond donors (Lipinski definition) is 1. The summed E-state index contributed by atoms with van der Waals surface area (Å²) in [5, 5.41) is 9.46. The molecule has 1 N–H and O–H groups in total. The van der Waals surface area contributed by atoms with E-state index in [4.69, 9.17) is 9.47 Å². The molecular weight excluding hydrogens is 747 g/mol. The molecule has 59 heavy (non-hydrogen) atoms. The first kappa shape index (κ1) is 41.7. The van der Waals surface area contributed by atoms with Crippen molar-refractivity contribution in [1.82, 2.24) is 24.2 Å². The predicted octanol–water partition coefficient (Wildman–Crippen LogP) is 7.20. The number of carbonyl (C=O) groups excluding carboxylic acids is 3. The predicted molar refractivity (Wildman–Crippen MR) is 226 cm³/mol. The molecule has 0 radical (unpaired) electrons. The highest BCUT2D eigenvalue weighted by atomic mass is 16.6. The number of unbranched alkanes of at least 4 members (excludes halogenated alkanes) is 2. The number of ether oxygens (including phenoxy) is 2. The van der Waals surface area contributed by atoms with Crippen molar-refractivity contribution >= 4 is 23.9 Å². The van der Waals surface area contributed by atoms with Gasteiger partial charge in [0.05, 0.1) is 24.3 Å². The van der Waals surface area contributed by atoms with E-state index in [2.05, 4.69) is 43.0 Å². The number of morpholine rings is 1. The third-order valence-electron chi connectivity index (χ3n) is 12.2. The Hall–Kier alpha value is -5.46. The number of fused-ring (bicyclic) bond motifs is 2. The van der Waals surface area contributed by atoms with Gasteiger partial charge in [-0.1, -0.05) is 57.0 Å². The molecule has 4 heterocycles. The molecule has 3 aliphatic heterocycles. The van der Waals surface area contributed by atoms with Crippen LogP contribution in [0.2, 0.25) is 0 Å². The maximum absolute atomic E-state index is 15.4. The lowest BCUT2D eigenvalue weighted by Gasteiger charge is -2.41. The van der Waals surface area contributed by atoms with E-state index in [9.17, 15) is 19.5 Å². The average molecular weight is 804 g/mol. The van der Waals surface area contributed by atoms with E-state index < -0.39 is 12.1 Å². The van der Waals surface area contributed by atoms with Crippen LogP contribution in [0.5, 0.6) is 5.75 Å². The molecule has 0 spiro atoms. The maximum atomic E-state index is 15.4. The van der Waals surface area contributed by atoms with Crippen LogP contribution in [0.15, 0.2) is 66.7 Å². The Morgan fingerprint density at radius 2 is 1.56 bits per heavy atom. The Bertz CT molecular complexity index is 2180. The van der Waals surface area contributed by atoms with Gasteiger partial charge in [0.15, 0.2) is 0 Å². The summed E-state index contributed by atoms with van der Waals surface area (Å²) in [5.74, 6) is -1.04. The zero-order valence-electron chi connectivity index (χ0n) is 34.9. The van der Waals surface area contributed by atoms with Crippen LogP contribution in [0.3, 0.4) is 0 Å². The molecule has 1 fully saturated rings. The van der Waals surface area contributed by atoms with Gasteiger partial charge >= 0.3 is 12.1 Å². The van der Waals surface area contributed by atoms with Crippen LogP contribution in [0, 0.1) is 6.92 Å². The minimum absolute atomic E-state index is 0.0124. The number of nitrogens with zero attached hydrogens (tertiary/aromatic N) is 5. The van der Waals surface area contributed by atoms with Gasteiger partial charge in [-0.25, -0.2) is 9.59 Å². The third-order valence-corrected chi connectivity index (χ3v) is 12.2. The van der Waals surface area contributed by atoms with Gasteiger partial charge in [-0.2, -0.15) is 0 Å². The van der Waals surface area contributed by atoms with Gasteiger partial charge in [0, 0.05) is 88.0 Å². The van der Waals surface area contributed by atoms with Gasteiger partial charge in [-0.15, -0.1) is 0 Å². The van der Waals surface area contributed by atoms with Crippen LogP contribution in [0.1, 0.15) is 98.6 Å². The highest BCUT2D eigenvalue weighted by molar-refractivity contribution is 6.03. The molecule has 3 aromatic carbocycles. The van der Waals surface area contributed by atoms with E-state index in [1.165, 1.54) is 17.7 Å². The number of carboxylic acid groups (broad SMARTS) is 1. The van der Waals surface area contributed by atoms with Crippen LogP contribution in [0.4, 0.5) is 4.79 Å². The second-order valence-corrected chi connectivity index (χ2v) is 16.1. The molecule has 3 amide bonds. The molecule has 1 saturated heterocycles. The zero-order chi connectivity index (χ0) is 41.6. The summed E-state index contributed by atoms with van der Waals surface area (Å²) in [4.78, 5) is 62.7. The first-order valence-electron chi connectivity index (χ1n) is 21.2. The molecule has 4 aromatic rings. The van der Waals surface area contributed by atoms with E-state index >= 15 is 4.79 Å². The summed E-state index contributed by atoms with van der Waals surface area (Å²) in [6, 6.07) is 20.2. The van der Waals surface area contributed by atoms with Gasteiger partial charge in [0.2, 0.25) is 0 Å². The number of benzene rings is 3. The largest absolute Gasteiger partial charge is 0.478 e. The second-order valence-electron chi connectivity index (χ2n) is 16.1. The first-order valence-corrected chi connectivity index (χ1v) is 21.2. The van der Waals surface area contributed by atoms with Crippen molar-refractivity contribution in [3.8, 4) is 17.0 Å². The molecular formula is C47H57N5O7. The highest BCUT2D eigenvalue weighted by Gasteiger charge is 2.35. The van der Waals surface area contributed by atoms with E-state index in [1.54, 1.807) is 17.0 Å². The van der Waals surface area contributed by atoms with Crippen LogP contribution in [-0.4, -0.2) is 112 Å². The Labute approximate surface area is 347 Å². The van der Waals surface area contributed by atoms with Gasteiger partial charge in [-0.3, -0.25) is 14.5 Å². The van der Waals surface area contributed by atoms with Crippen molar-refractivity contribution in [1.29, 1.82) is 0 Å². The molecule has 0 unspecified atom stereocenters. The van der Waals surface area contributed by atoms with Crippen molar-refractivity contribution in [2.45, 2.75) is 78.4 Å². The fourth-order valence-corrected chi connectivity index (χ4v) is 8.59. The lowest BCUT2D eigenvalue weighted by atomic mass is 9.89. The van der Waals surface area contributed by atoms with Gasteiger partial charge < -0.3 is 33.8 Å². The normalized spacial score (nSPS) is 16.6. The standard InChI is InChI=1S/C47H57N5O7/c1-5-7-17-50(18-8-6-2)44(53)40-28-43(48(4)32(40)3)41-26-34-16-19-51(47(57)59-39-15-11-14-35(25-39)46(55)56)29-37(34)27-42(41)45(54)52-30-36-13-10-9-12-33(36)24-38(52)31-49-20-22-58-23-21-49/h9-15,25-28,38H,5-8,16-24,29-31H2,1-4H3,(H,55,56)/t38-/m0/s1. The average Bonchev–Trinajstić information content (AvgIpc) is 3.55. The lowest BCUT2D eigenvalue weighted by Crippen LogP contribution is -2.52. The van der Waals surface area contributed by atoms with Crippen molar-refractivity contribution in [3.63, 3.8) is 0 Å². The molecule has 0 bridgehead atoms. The molecule has 3 aliphatic rings. The zero-order valence-corrected chi connectivity index (χ0v) is 34.9. The SMILES string of the molecule is CCCCN(CCCC)C(=O)c1cc(-c2cc3c(cc2C(=O)N2Cc4ccccc4C[C@H]2CN2CCOCC2)CN(C(=O)Oc2cccc(C(=O)O)c2)CC3)n(C)c1C. The molecule has 7 rings (SSSR count). The van der Waals surface area contributed by atoms with Crippen molar-refractivity contribution in [2.75, 3.05) is 52.5 Å². The monoisotopic (exact) mass is 803 g/mol. The van der Waals surface area contributed by atoms with Crippen LogP contribution in [0.25, 0.3) is 11.3 Å². The third kappa shape index (κ3) is 9.24. The molecule has 12 nitrogen and oxygen atoms in total. The molecule has 1 aromatic heterocycles. The van der Waals surface area contributed by atoms with Gasteiger partial charge in [0.1, 0.15) is 5.75 Å². The molecule has 12 heteroatoms. The molecule has 1 atom stereocenters. The smallest absolute Gasteiger partial charge is 0.415 e. The minimum atomic E-state index is -1.11. The fourth-order valence-electron chi connectivity index (χ4n) is 8.59. The first-order chi connectivity index (χ1) is 28.6. The topological polar surface area (TPSA) is 125 Å². The summed E-state index contributed by atoms with van der Waals surface area (Å²) in [5.41, 5.74) is 7.83. The summed E-state index contributed by atoms with van der Waals surface area (Å²) in [6.07, 6.45) is 4.52. The van der Waals surface area contributed by atoms with Crippen LogP contribution < -0.4 is 4.74 Å². The minimum Gasteiger partial charge on any atom is -0.478 e. The van der Waals surface area contributed by atoms with Crippen molar-refractivity contribution < 1.29 is 33.8 Å². The lowest BCUT2D eigenvalue weighted by molar-refractivity contribution is 0.0193. The molecule has 0 aliphatic carbocycles. The second kappa shape index (κ2) is 18.6. The summed E-state index contributed by atoms with van der Waals surface area (Å²) < 4.78 is 13.4. The van der Waals surface area contributed by atoms with Crippen molar-refractivity contribution in [3.05, 3.63) is 111 Å². The number of hydrogen-bond acceptors (Lipinski definition) is 7.